The predicted molar refractivity (Wildman–Crippen MR) is 79.4 cm³/mol. The van der Waals surface area contributed by atoms with Crippen molar-refractivity contribution >= 4 is 24.0 Å². The molecule has 104 valence electrons. The summed E-state index contributed by atoms with van der Waals surface area (Å²) in [7, 11) is 0. The van der Waals surface area contributed by atoms with Crippen molar-refractivity contribution in [1.82, 2.24) is 0 Å². The van der Waals surface area contributed by atoms with Gasteiger partial charge in [0.25, 0.3) is 0 Å². The molecule has 1 aromatic rings. The monoisotopic (exact) mass is 280 g/mol. The number of anilines is 1. The van der Waals surface area contributed by atoms with Gasteiger partial charge >= 0.3 is 0 Å². The number of nitrogens with one attached hydrogen (secondary N) is 1. The molecule has 2 saturated carbocycles. The zero-order valence-corrected chi connectivity index (χ0v) is 12.0. The topological polar surface area (TPSA) is 55.1 Å². The Hall–Kier alpha value is -1.06. The molecule has 0 aromatic heterocycles. The molecule has 0 heterocycles. The van der Waals surface area contributed by atoms with Crippen LogP contribution in [0.5, 0.6) is 0 Å². The van der Waals surface area contributed by atoms with Gasteiger partial charge in [-0.2, -0.15) is 0 Å². The molecule has 4 atom stereocenters. The van der Waals surface area contributed by atoms with E-state index in [0.29, 0.717) is 11.8 Å². The maximum absolute atomic E-state index is 12.3. The van der Waals surface area contributed by atoms with Crippen LogP contribution in [-0.2, 0) is 4.79 Å². The smallest absolute Gasteiger partial charge is 0.229 e. The lowest BCUT2D eigenvalue weighted by Crippen LogP contribution is -2.42. The second-order valence-corrected chi connectivity index (χ2v) is 5.79. The third-order valence-corrected chi connectivity index (χ3v) is 4.60. The molecule has 3 rings (SSSR count). The van der Waals surface area contributed by atoms with Crippen LogP contribution in [0, 0.1) is 24.7 Å². The molecule has 2 aliphatic carbocycles. The Bertz CT molecular complexity index is 458. The minimum absolute atomic E-state index is 0. The Morgan fingerprint density at radius 1 is 1.21 bits per heavy atom. The fourth-order valence-electron chi connectivity index (χ4n) is 3.59. The van der Waals surface area contributed by atoms with E-state index in [4.69, 9.17) is 5.73 Å². The van der Waals surface area contributed by atoms with Crippen LogP contribution >= 0.6 is 12.4 Å². The lowest BCUT2D eigenvalue weighted by atomic mass is 9.84. The van der Waals surface area contributed by atoms with Crippen molar-refractivity contribution in [2.45, 2.75) is 32.2 Å². The molecule has 2 bridgehead atoms. The molecule has 3 nitrogen and oxygen atoms in total. The van der Waals surface area contributed by atoms with Gasteiger partial charge in [-0.05, 0) is 50.2 Å². The molecule has 0 aliphatic heterocycles. The highest BCUT2D eigenvalue weighted by molar-refractivity contribution is 5.93. The maximum Gasteiger partial charge on any atom is 0.229 e. The summed E-state index contributed by atoms with van der Waals surface area (Å²) in [5.74, 6) is 1.21. The number of fused-ring (bicyclic) bond motifs is 2. The van der Waals surface area contributed by atoms with Gasteiger partial charge in [0, 0.05) is 11.7 Å². The number of carbonyl (C=O) groups is 1. The lowest BCUT2D eigenvalue weighted by molar-refractivity contribution is -0.121. The predicted octanol–water partition coefficient (Wildman–Crippen LogP) is 2.73. The molecular weight excluding hydrogens is 260 g/mol. The number of halogens is 1. The fraction of sp³-hybridized carbons (Fsp3) is 0.533. The molecule has 0 spiro atoms. The zero-order chi connectivity index (χ0) is 12.7. The van der Waals surface area contributed by atoms with Crippen LogP contribution in [0.25, 0.3) is 0 Å². The SMILES string of the molecule is Cc1ccc(NC(=O)C2C3CCC(C3)C2N)cc1.Cl. The largest absolute Gasteiger partial charge is 0.327 e. The Morgan fingerprint density at radius 3 is 2.42 bits per heavy atom. The molecule has 0 saturated heterocycles. The quantitative estimate of drug-likeness (QED) is 0.875. The minimum atomic E-state index is 0. The van der Waals surface area contributed by atoms with E-state index in [-0.39, 0.29) is 30.3 Å². The number of amides is 1. The van der Waals surface area contributed by atoms with Gasteiger partial charge < -0.3 is 11.1 Å². The number of aryl methyl sites for hydroxylation is 1. The van der Waals surface area contributed by atoms with Crippen LogP contribution in [0.1, 0.15) is 24.8 Å². The first-order chi connectivity index (χ1) is 8.65. The Balaban J connectivity index is 0.00000133. The molecular formula is C15H21ClN2O. The van der Waals surface area contributed by atoms with Gasteiger partial charge in [-0.15, -0.1) is 12.4 Å². The summed E-state index contributed by atoms with van der Waals surface area (Å²) in [6.45, 7) is 2.04. The van der Waals surface area contributed by atoms with Crippen LogP contribution in [0.3, 0.4) is 0 Å². The Kier molecular flexibility index (Phi) is 4.16. The zero-order valence-electron chi connectivity index (χ0n) is 11.1. The van der Waals surface area contributed by atoms with Crippen molar-refractivity contribution in [2.75, 3.05) is 5.32 Å². The number of hydrogen-bond acceptors (Lipinski definition) is 2. The molecule has 1 aromatic carbocycles. The standard InChI is InChI=1S/C15H20N2O.ClH/c1-9-2-6-12(7-3-9)17-15(18)13-10-4-5-11(8-10)14(13)16;/h2-3,6-7,10-11,13-14H,4-5,8,16H2,1H3,(H,17,18);1H. The van der Waals surface area contributed by atoms with Crippen molar-refractivity contribution in [3.63, 3.8) is 0 Å². The number of nitrogens with two attached hydrogens (primary N) is 1. The van der Waals surface area contributed by atoms with Gasteiger partial charge in [0.15, 0.2) is 0 Å². The van der Waals surface area contributed by atoms with Crippen molar-refractivity contribution in [1.29, 1.82) is 0 Å². The molecule has 2 fully saturated rings. The van der Waals surface area contributed by atoms with Crippen molar-refractivity contribution in [3.8, 4) is 0 Å². The first-order valence-corrected chi connectivity index (χ1v) is 6.78. The third kappa shape index (κ3) is 2.63. The van der Waals surface area contributed by atoms with Crippen molar-refractivity contribution < 1.29 is 4.79 Å². The van der Waals surface area contributed by atoms with Gasteiger partial charge in [0.05, 0.1) is 5.92 Å². The first kappa shape index (κ1) is 14.4. The van der Waals surface area contributed by atoms with Crippen LogP contribution in [0.15, 0.2) is 24.3 Å². The van der Waals surface area contributed by atoms with Gasteiger partial charge in [0.2, 0.25) is 5.91 Å². The molecule has 2 aliphatic rings. The number of benzene rings is 1. The van der Waals surface area contributed by atoms with Gasteiger partial charge in [0.1, 0.15) is 0 Å². The summed E-state index contributed by atoms with van der Waals surface area (Å²) >= 11 is 0. The number of rotatable bonds is 2. The van der Waals surface area contributed by atoms with E-state index >= 15 is 0 Å². The maximum atomic E-state index is 12.3. The van der Waals surface area contributed by atoms with Crippen LogP contribution < -0.4 is 11.1 Å². The van der Waals surface area contributed by atoms with Gasteiger partial charge in [-0.3, -0.25) is 4.79 Å². The molecule has 1 amide bonds. The summed E-state index contributed by atoms with van der Waals surface area (Å²) in [5, 5.41) is 3.01. The highest BCUT2D eigenvalue weighted by Crippen LogP contribution is 2.47. The Labute approximate surface area is 120 Å². The Morgan fingerprint density at radius 2 is 1.84 bits per heavy atom. The molecule has 19 heavy (non-hydrogen) atoms. The van der Waals surface area contributed by atoms with Crippen LogP contribution in [0.4, 0.5) is 5.69 Å². The minimum Gasteiger partial charge on any atom is -0.327 e. The van der Waals surface area contributed by atoms with Crippen molar-refractivity contribution in [3.05, 3.63) is 29.8 Å². The highest BCUT2D eigenvalue weighted by Gasteiger charge is 2.48. The van der Waals surface area contributed by atoms with Crippen LogP contribution in [-0.4, -0.2) is 11.9 Å². The highest BCUT2D eigenvalue weighted by atomic mass is 35.5. The first-order valence-electron chi connectivity index (χ1n) is 6.78. The van der Waals surface area contributed by atoms with E-state index < -0.39 is 0 Å². The van der Waals surface area contributed by atoms with Gasteiger partial charge in [-0.25, -0.2) is 0 Å². The summed E-state index contributed by atoms with van der Waals surface area (Å²) in [4.78, 5) is 12.3. The van der Waals surface area contributed by atoms with Crippen molar-refractivity contribution in [2.24, 2.45) is 23.5 Å². The van der Waals surface area contributed by atoms with Gasteiger partial charge in [-0.1, -0.05) is 17.7 Å². The van der Waals surface area contributed by atoms with E-state index in [9.17, 15) is 4.79 Å². The molecule has 4 heteroatoms. The second-order valence-electron chi connectivity index (χ2n) is 5.79. The average molecular weight is 281 g/mol. The summed E-state index contributed by atoms with van der Waals surface area (Å²) in [6, 6.07) is 7.99. The number of carbonyl (C=O) groups excluding carboxylic acids is 1. The van der Waals surface area contributed by atoms with E-state index in [2.05, 4.69) is 5.32 Å². The third-order valence-electron chi connectivity index (χ3n) is 4.60. The summed E-state index contributed by atoms with van der Waals surface area (Å²) in [5.41, 5.74) is 8.26. The molecule has 3 N–H and O–H groups in total. The molecule has 0 radical (unpaired) electrons. The van der Waals surface area contributed by atoms with E-state index in [0.717, 1.165) is 12.1 Å². The summed E-state index contributed by atoms with van der Waals surface area (Å²) in [6.07, 6.45) is 3.53. The average Bonchev–Trinajstić information content (AvgIpc) is 2.92. The van der Waals surface area contributed by atoms with E-state index in [1.54, 1.807) is 0 Å². The fourth-order valence-corrected chi connectivity index (χ4v) is 3.59. The van der Waals surface area contributed by atoms with E-state index in [1.807, 2.05) is 31.2 Å². The lowest BCUT2D eigenvalue weighted by Gasteiger charge is -2.27. The normalized spacial score (nSPS) is 31.9. The van der Waals surface area contributed by atoms with E-state index in [1.165, 1.54) is 18.4 Å². The number of hydrogen-bond donors (Lipinski definition) is 2. The summed E-state index contributed by atoms with van der Waals surface area (Å²) < 4.78 is 0. The van der Waals surface area contributed by atoms with Crippen LogP contribution in [0.2, 0.25) is 0 Å². The second kappa shape index (κ2) is 5.51. The molecule has 4 unspecified atom stereocenters.